The van der Waals surface area contributed by atoms with Crippen molar-refractivity contribution in [3.63, 3.8) is 0 Å². The molecule has 3 N–H and O–H groups in total. The van der Waals surface area contributed by atoms with Crippen molar-refractivity contribution in [1.82, 2.24) is 20.5 Å². The van der Waals surface area contributed by atoms with E-state index in [2.05, 4.69) is 27.0 Å². The third-order valence-corrected chi connectivity index (χ3v) is 7.16. The second kappa shape index (κ2) is 9.83. The number of fused-ring (bicyclic) bond motifs is 1. The van der Waals surface area contributed by atoms with E-state index in [1.54, 1.807) is 6.07 Å². The lowest BCUT2D eigenvalue weighted by Gasteiger charge is -2.31. The van der Waals surface area contributed by atoms with Gasteiger partial charge in [-0.05, 0) is 54.2 Å². The molecule has 7 nitrogen and oxygen atoms in total. The molecule has 0 aliphatic carbocycles. The number of carbonyl (C=O) groups excluding carboxylic acids is 1. The molecule has 0 radical (unpaired) electrons. The van der Waals surface area contributed by atoms with Crippen LogP contribution in [0, 0.1) is 5.82 Å². The van der Waals surface area contributed by atoms with Crippen LogP contribution < -0.4 is 16.0 Å². The summed E-state index contributed by atoms with van der Waals surface area (Å²) in [5, 5.41) is 10.1. The topological polar surface area (TPSA) is 78.5 Å². The molecule has 2 fully saturated rings. The number of rotatable bonds is 4. The Morgan fingerprint density at radius 2 is 2.06 bits per heavy atom. The lowest BCUT2D eigenvalue weighted by molar-refractivity contribution is 0.0904. The molecule has 33 heavy (non-hydrogen) atoms. The first-order valence-corrected chi connectivity index (χ1v) is 12.0. The average Bonchev–Trinajstić information content (AvgIpc) is 3.29. The summed E-state index contributed by atoms with van der Waals surface area (Å²) in [6.45, 7) is 4.07. The highest BCUT2D eigenvalue weighted by Gasteiger charge is 2.32. The summed E-state index contributed by atoms with van der Waals surface area (Å²) in [5.74, 6) is 0.419. The summed E-state index contributed by atoms with van der Waals surface area (Å²) in [6.07, 6.45) is 4.66. The normalized spacial score (nSPS) is 23.3. The molecule has 0 bridgehead atoms. The molecule has 3 aliphatic rings. The van der Waals surface area contributed by atoms with E-state index in [1.807, 2.05) is 17.2 Å². The maximum Gasteiger partial charge on any atom is 0.317 e. The van der Waals surface area contributed by atoms with Gasteiger partial charge in [-0.15, -0.1) is 0 Å². The van der Waals surface area contributed by atoms with Crippen LogP contribution in [0.1, 0.15) is 35.4 Å². The first-order valence-electron chi connectivity index (χ1n) is 11.6. The van der Waals surface area contributed by atoms with E-state index in [1.165, 1.54) is 11.6 Å². The quantitative estimate of drug-likeness (QED) is 0.635. The fourth-order valence-electron chi connectivity index (χ4n) is 4.91. The van der Waals surface area contributed by atoms with Crippen LogP contribution in [-0.4, -0.2) is 60.8 Å². The van der Waals surface area contributed by atoms with E-state index in [-0.39, 0.29) is 23.0 Å². The van der Waals surface area contributed by atoms with Gasteiger partial charge >= 0.3 is 6.03 Å². The fraction of sp³-hybridized carbons (Fsp3) is 0.500. The molecule has 0 spiro atoms. The van der Waals surface area contributed by atoms with Gasteiger partial charge in [0.1, 0.15) is 11.6 Å². The van der Waals surface area contributed by atoms with Gasteiger partial charge in [0.15, 0.2) is 0 Å². The summed E-state index contributed by atoms with van der Waals surface area (Å²) in [4.78, 5) is 19.5. The van der Waals surface area contributed by atoms with Crippen molar-refractivity contribution in [2.75, 3.05) is 38.2 Å². The van der Waals surface area contributed by atoms with E-state index in [9.17, 15) is 9.18 Å². The van der Waals surface area contributed by atoms with Crippen molar-refractivity contribution < 1.29 is 13.9 Å². The molecule has 1 aromatic heterocycles. The van der Waals surface area contributed by atoms with Crippen LogP contribution in [0.3, 0.4) is 0 Å². The summed E-state index contributed by atoms with van der Waals surface area (Å²) >= 11 is 5.83. The zero-order valence-electron chi connectivity index (χ0n) is 18.4. The molecule has 2 aromatic rings. The first kappa shape index (κ1) is 22.4. The molecule has 2 saturated heterocycles. The molecule has 0 saturated carbocycles. The number of benzene rings is 1. The number of nitrogens with zero attached hydrogens (tertiary/aromatic N) is 2. The Hall–Kier alpha value is -2.42. The lowest BCUT2D eigenvalue weighted by Crippen LogP contribution is -2.48. The number of hydrogen-bond donors (Lipinski definition) is 3. The van der Waals surface area contributed by atoms with Crippen LogP contribution in [0.15, 0.2) is 30.5 Å². The minimum Gasteiger partial charge on any atom is -0.381 e. The Bertz CT molecular complexity index is 1020. The molecular formula is C24H29ClFN5O2. The molecule has 2 atom stereocenters. The summed E-state index contributed by atoms with van der Waals surface area (Å²) < 4.78 is 19.4. The SMILES string of the molecule is O=C(NC1CNCC1c1ccc(Cl)c(F)c1)N1CCc2cnc(NC3CCOCC3)cc2C1. The maximum absolute atomic E-state index is 14.0. The molecule has 4 heterocycles. The monoisotopic (exact) mass is 473 g/mol. The maximum atomic E-state index is 14.0. The number of urea groups is 1. The molecule has 3 aliphatic heterocycles. The van der Waals surface area contributed by atoms with Gasteiger partial charge in [0.2, 0.25) is 0 Å². The van der Waals surface area contributed by atoms with Gasteiger partial charge in [-0.3, -0.25) is 0 Å². The van der Waals surface area contributed by atoms with Gasteiger partial charge in [0, 0.05) is 57.5 Å². The highest BCUT2D eigenvalue weighted by molar-refractivity contribution is 6.30. The number of ether oxygens (including phenoxy) is 1. The zero-order chi connectivity index (χ0) is 22.8. The van der Waals surface area contributed by atoms with Gasteiger partial charge in [-0.2, -0.15) is 0 Å². The molecule has 5 rings (SSSR count). The van der Waals surface area contributed by atoms with Crippen LogP contribution in [0.25, 0.3) is 0 Å². The van der Waals surface area contributed by atoms with E-state index in [4.69, 9.17) is 16.3 Å². The number of carbonyl (C=O) groups is 1. The molecular weight excluding hydrogens is 445 g/mol. The Balaban J connectivity index is 1.23. The smallest absolute Gasteiger partial charge is 0.317 e. The third kappa shape index (κ3) is 5.08. The predicted octanol–water partition coefficient (Wildman–Crippen LogP) is 3.29. The fourth-order valence-corrected chi connectivity index (χ4v) is 5.03. The standard InChI is InChI=1S/C24H29ClFN5O2/c25-20-2-1-15(9-21(20)26)19-12-27-13-22(19)30-24(32)31-6-3-16-11-28-23(10-17(16)14-31)29-18-4-7-33-8-5-18/h1-2,9-11,18-19,22,27H,3-8,12-14H2,(H,28,29)(H,30,32). The highest BCUT2D eigenvalue weighted by atomic mass is 35.5. The second-order valence-corrected chi connectivity index (χ2v) is 9.44. The minimum atomic E-state index is -0.433. The Morgan fingerprint density at radius 1 is 1.21 bits per heavy atom. The highest BCUT2D eigenvalue weighted by Crippen LogP contribution is 2.27. The van der Waals surface area contributed by atoms with E-state index in [0.717, 1.165) is 49.4 Å². The van der Waals surface area contributed by atoms with E-state index in [0.29, 0.717) is 32.2 Å². The van der Waals surface area contributed by atoms with Crippen LogP contribution in [0.4, 0.5) is 15.0 Å². The minimum absolute atomic E-state index is 0.00253. The number of hydrogen-bond acceptors (Lipinski definition) is 5. The lowest BCUT2D eigenvalue weighted by atomic mass is 9.94. The van der Waals surface area contributed by atoms with Crippen LogP contribution in [0.5, 0.6) is 0 Å². The number of amides is 2. The zero-order valence-corrected chi connectivity index (χ0v) is 19.2. The van der Waals surface area contributed by atoms with Crippen molar-refractivity contribution in [3.05, 3.63) is 58.0 Å². The van der Waals surface area contributed by atoms with Crippen molar-refractivity contribution in [2.45, 2.75) is 43.8 Å². The van der Waals surface area contributed by atoms with Crippen LogP contribution >= 0.6 is 11.6 Å². The van der Waals surface area contributed by atoms with Crippen LogP contribution in [-0.2, 0) is 17.7 Å². The van der Waals surface area contributed by atoms with Gasteiger partial charge in [0.05, 0.1) is 11.1 Å². The van der Waals surface area contributed by atoms with Crippen molar-refractivity contribution >= 4 is 23.4 Å². The Kier molecular flexibility index (Phi) is 6.66. The van der Waals surface area contributed by atoms with Gasteiger partial charge < -0.3 is 25.6 Å². The summed E-state index contributed by atoms with van der Waals surface area (Å²) in [6, 6.07) is 7.12. The third-order valence-electron chi connectivity index (χ3n) is 6.85. The first-order chi connectivity index (χ1) is 16.1. The number of pyridine rings is 1. The number of anilines is 1. The summed E-state index contributed by atoms with van der Waals surface area (Å²) in [5.41, 5.74) is 3.15. The van der Waals surface area contributed by atoms with Crippen molar-refractivity contribution in [2.24, 2.45) is 0 Å². The van der Waals surface area contributed by atoms with Gasteiger partial charge in [-0.1, -0.05) is 17.7 Å². The van der Waals surface area contributed by atoms with Crippen molar-refractivity contribution in [3.8, 4) is 0 Å². The molecule has 1 aromatic carbocycles. The molecule has 2 amide bonds. The average molecular weight is 474 g/mol. The number of nitrogens with one attached hydrogen (secondary N) is 3. The number of halogens is 2. The number of aromatic nitrogens is 1. The van der Waals surface area contributed by atoms with Crippen molar-refractivity contribution in [1.29, 1.82) is 0 Å². The Morgan fingerprint density at radius 3 is 2.88 bits per heavy atom. The second-order valence-electron chi connectivity index (χ2n) is 9.04. The van der Waals surface area contributed by atoms with Gasteiger partial charge in [-0.25, -0.2) is 14.2 Å². The molecule has 9 heteroatoms. The largest absolute Gasteiger partial charge is 0.381 e. The molecule has 2 unspecified atom stereocenters. The Labute approximate surface area is 198 Å². The van der Waals surface area contributed by atoms with Gasteiger partial charge in [0.25, 0.3) is 0 Å². The molecule has 176 valence electrons. The van der Waals surface area contributed by atoms with E-state index >= 15 is 0 Å². The predicted molar refractivity (Wildman–Crippen MR) is 125 cm³/mol. The van der Waals surface area contributed by atoms with E-state index < -0.39 is 5.82 Å². The summed E-state index contributed by atoms with van der Waals surface area (Å²) in [7, 11) is 0. The van der Waals surface area contributed by atoms with Crippen LogP contribution in [0.2, 0.25) is 5.02 Å².